The summed E-state index contributed by atoms with van der Waals surface area (Å²) >= 11 is 0. The molecule has 0 unspecified atom stereocenters. The standard InChI is InChI=1S/C26H36O4/c1-16(29)17-7-8-20-24(4)12-9-19-23(2,3)10-6-11-26(19,15-28)21(24)13-22(30)25(20,5)18(17)14-27/h7,14-15,18-21H,6,8-13H2,1-5H3/t18-,19-,20-,21-,24-,25+,26+/m0/s1. The van der Waals surface area contributed by atoms with Gasteiger partial charge in [0.15, 0.2) is 5.78 Å². The summed E-state index contributed by atoms with van der Waals surface area (Å²) in [7, 11) is 0. The van der Waals surface area contributed by atoms with Crippen molar-refractivity contribution in [1.29, 1.82) is 0 Å². The molecule has 0 N–H and O–H groups in total. The van der Waals surface area contributed by atoms with Gasteiger partial charge in [-0.2, -0.15) is 0 Å². The first kappa shape index (κ1) is 21.6. The van der Waals surface area contributed by atoms with E-state index >= 15 is 0 Å². The van der Waals surface area contributed by atoms with Crippen LogP contribution in [0.1, 0.15) is 79.6 Å². The lowest BCUT2D eigenvalue weighted by molar-refractivity contribution is -0.199. The van der Waals surface area contributed by atoms with Crippen molar-refractivity contribution in [2.75, 3.05) is 0 Å². The number of carbonyl (C=O) groups is 4. The van der Waals surface area contributed by atoms with Crippen LogP contribution < -0.4 is 0 Å². The van der Waals surface area contributed by atoms with E-state index in [2.05, 4.69) is 20.8 Å². The molecule has 0 radical (unpaired) electrons. The Bertz CT molecular complexity index is 838. The average Bonchev–Trinajstić information content (AvgIpc) is 2.68. The Hall–Kier alpha value is -1.58. The highest BCUT2D eigenvalue weighted by atomic mass is 16.1. The Morgan fingerprint density at radius 1 is 1.03 bits per heavy atom. The maximum absolute atomic E-state index is 13.8. The van der Waals surface area contributed by atoms with E-state index in [-0.39, 0.29) is 34.2 Å². The lowest BCUT2D eigenvalue weighted by Crippen LogP contribution is -2.66. The Morgan fingerprint density at radius 3 is 2.33 bits per heavy atom. The van der Waals surface area contributed by atoms with Gasteiger partial charge < -0.3 is 9.59 Å². The molecule has 0 amide bonds. The van der Waals surface area contributed by atoms with Crippen molar-refractivity contribution in [1.82, 2.24) is 0 Å². The summed E-state index contributed by atoms with van der Waals surface area (Å²) in [6.45, 7) is 10.3. The van der Waals surface area contributed by atoms with Gasteiger partial charge in [-0.1, -0.05) is 40.2 Å². The van der Waals surface area contributed by atoms with Crippen LogP contribution in [0.2, 0.25) is 0 Å². The zero-order valence-corrected chi connectivity index (χ0v) is 19.1. The largest absolute Gasteiger partial charge is 0.303 e. The summed E-state index contributed by atoms with van der Waals surface area (Å²) in [4.78, 5) is 51.0. The van der Waals surface area contributed by atoms with E-state index in [0.717, 1.165) is 38.4 Å². The van der Waals surface area contributed by atoms with Crippen LogP contribution in [0.4, 0.5) is 0 Å². The number of aldehydes is 2. The maximum Gasteiger partial charge on any atom is 0.156 e. The molecule has 4 aliphatic carbocycles. The van der Waals surface area contributed by atoms with Crippen LogP contribution in [-0.4, -0.2) is 24.1 Å². The fourth-order valence-electron chi connectivity index (χ4n) is 8.77. The van der Waals surface area contributed by atoms with Crippen molar-refractivity contribution >= 4 is 24.1 Å². The van der Waals surface area contributed by atoms with E-state index in [0.29, 0.717) is 24.3 Å². The molecule has 3 fully saturated rings. The number of carbonyl (C=O) groups excluding carboxylic acids is 4. The van der Waals surface area contributed by atoms with Crippen molar-refractivity contribution in [2.24, 2.45) is 45.3 Å². The van der Waals surface area contributed by atoms with E-state index in [4.69, 9.17) is 0 Å². The first-order valence-corrected chi connectivity index (χ1v) is 11.6. The minimum atomic E-state index is -0.857. The van der Waals surface area contributed by atoms with Crippen LogP contribution in [0.15, 0.2) is 11.6 Å². The summed E-state index contributed by atoms with van der Waals surface area (Å²) < 4.78 is 0. The van der Waals surface area contributed by atoms with Crippen LogP contribution in [0.25, 0.3) is 0 Å². The molecule has 0 heterocycles. The molecule has 30 heavy (non-hydrogen) atoms. The molecule has 0 aromatic heterocycles. The van der Waals surface area contributed by atoms with Gasteiger partial charge in [0.05, 0.1) is 5.92 Å². The van der Waals surface area contributed by atoms with Gasteiger partial charge in [-0.15, -0.1) is 0 Å². The van der Waals surface area contributed by atoms with Crippen LogP contribution in [0.3, 0.4) is 0 Å². The van der Waals surface area contributed by atoms with E-state index < -0.39 is 16.7 Å². The van der Waals surface area contributed by atoms with Crippen molar-refractivity contribution in [3.8, 4) is 0 Å². The summed E-state index contributed by atoms with van der Waals surface area (Å²) in [5, 5.41) is 0. The molecule has 0 aromatic rings. The molecule has 4 nitrogen and oxygen atoms in total. The first-order chi connectivity index (χ1) is 14.0. The van der Waals surface area contributed by atoms with Crippen LogP contribution in [0, 0.1) is 45.3 Å². The smallest absolute Gasteiger partial charge is 0.156 e. The highest BCUT2D eigenvalue weighted by Gasteiger charge is 2.69. The SMILES string of the molecule is CC(=O)C1=CC[C@H]2[C@]3(C)CC[C@H]4C(C)(C)CCC[C@]4(C=O)[C@H]3CC(=O)[C@]2(C)[C@H]1C=O. The summed E-state index contributed by atoms with van der Waals surface area (Å²) in [6, 6.07) is 0. The van der Waals surface area contributed by atoms with Crippen molar-refractivity contribution in [2.45, 2.75) is 79.6 Å². The molecule has 164 valence electrons. The third-order valence-electron chi connectivity index (χ3n) is 10.3. The van der Waals surface area contributed by atoms with Crippen molar-refractivity contribution in [3.63, 3.8) is 0 Å². The molecule has 3 saturated carbocycles. The third kappa shape index (κ3) is 2.51. The monoisotopic (exact) mass is 412 g/mol. The number of fused-ring (bicyclic) bond motifs is 5. The number of hydrogen-bond acceptors (Lipinski definition) is 4. The minimum Gasteiger partial charge on any atom is -0.303 e. The first-order valence-electron chi connectivity index (χ1n) is 11.6. The number of hydrogen-bond donors (Lipinski definition) is 0. The van der Waals surface area contributed by atoms with Gasteiger partial charge in [0.1, 0.15) is 18.4 Å². The lowest BCUT2D eigenvalue weighted by Gasteiger charge is -2.68. The van der Waals surface area contributed by atoms with Gasteiger partial charge in [0, 0.05) is 22.8 Å². The van der Waals surface area contributed by atoms with Gasteiger partial charge >= 0.3 is 0 Å². The van der Waals surface area contributed by atoms with Crippen molar-refractivity contribution in [3.05, 3.63) is 11.6 Å². The normalized spacial score (nSPS) is 47.2. The Balaban J connectivity index is 1.85. The highest BCUT2D eigenvalue weighted by Crippen LogP contribution is 2.71. The molecule has 4 rings (SSSR count). The summed E-state index contributed by atoms with van der Waals surface area (Å²) in [5.41, 5.74) is -0.898. The second kappa shape index (κ2) is 6.71. The molecule has 0 aromatic carbocycles. The van der Waals surface area contributed by atoms with Gasteiger partial charge in [0.25, 0.3) is 0 Å². The van der Waals surface area contributed by atoms with Crippen LogP contribution >= 0.6 is 0 Å². The van der Waals surface area contributed by atoms with Gasteiger partial charge in [-0.3, -0.25) is 9.59 Å². The molecule has 0 bridgehead atoms. The van der Waals surface area contributed by atoms with Crippen molar-refractivity contribution < 1.29 is 19.2 Å². The fourth-order valence-corrected chi connectivity index (χ4v) is 8.77. The van der Waals surface area contributed by atoms with Gasteiger partial charge in [-0.05, 0) is 67.6 Å². The predicted molar refractivity (Wildman–Crippen MR) is 115 cm³/mol. The van der Waals surface area contributed by atoms with E-state index in [1.54, 1.807) is 0 Å². The van der Waals surface area contributed by atoms with Gasteiger partial charge in [-0.25, -0.2) is 0 Å². The third-order valence-corrected chi connectivity index (χ3v) is 10.3. The zero-order valence-electron chi connectivity index (χ0n) is 19.1. The number of rotatable bonds is 3. The summed E-state index contributed by atoms with van der Waals surface area (Å²) in [6.07, 6.45) is 9.94. The minimum absolute atomic E-state index is 0.0163. The Morgan fingerprint density at radius 2 is 1.73 bits per heavy atom. The van der Waals surface area contributed by atoms with Crippen LogP contribution in [0.5, 0.6) is 0 Å². The molecular weight excluding hydrogens is 376 g/mol. The molecule has 7 atom stereocenters. The molecule has 0 spiro atoms. The molecule has 4 heteroatoms. The second-order valence-corrected chi connectivity index (χ2v) is 11.7. The second-order valence-electron chi connectivity index (χ2n) is 11.7. The van der Waals surface area contributed by atoms with E-state index in [1.165, 1.54) is 13.2 Å². The fraction of sp³-hybridized carbons (Fsp3) is 0.769. The Kier molecular flexibility index (Phi) is 4.84. The average molecular weight is 413 g/mol. The lowest BCUT2D eigenvalue weighted by atomic mass is 9.35. The molecule has 0 aliphatic heterocycles. The van der Waals surface area contributed by atoms with E-state index in [1.807, 2.05) is 13.0 Å². The molecular formula is C26H36O4. The highest BCUT2D eigenvalue weighted by molar-refractivity contribution is 6.01. The molecule has 4 aliphatic rings. The van der Waals surface area contributed by atoms with Crippen LogP contribution in [-0.2, 0) is 19.2 Å². The maximum atomic E-state index is 13.8. The number of Topliss-reactive ketones (excluding diaryl/α,β-unsaturated/α-hetero) is 2. The quantitative estimate of drug-likeness (QED) is 0.628. The predicted octanol–water partition coefficient (Wildman–Crippen LogP) is 4.74. The van der Waals surface area contributed by atoms with E-state index in [9.17, 15) is 19.2 Å². The van der Waals surface area contributed by atoms with Gasteiger partial charge in [0.2, 0.25) is 0 Å². The topological polar surface area (TPSA) is 68.3 Å². The number of allylic oxidation sites excluding steroid dienone is 2. The summed E-state index contributed by atoms with van der Waals surface area (Å²) in [5.74, 6) is -0.409. The molecule has 0 saturated heterocycles. The number of ketones is 2. The zero-order chi connectivity index (χ0) is 22.1. The Labute approximate surface area is 180 Å².